The summed E-state index contributed by atoms with van der Waals surface area (Å²) in [6.45, 7) is 6.35. The molecule has 2 rings (SSSR count). The Labute approximate surface area is 130 Å². The van der Waals surface area contributed by atoms with Gasteiger partial charge in [-0.2, -0.15) is 0 Å². The third kappa shape index (κ3) is 5.41. The summed E-state index contributed by atoms with van der Waals surface area (Å²) in [6, 6.07) is 7.61. The lowest BCUT2D eigenvalue weighted by Gasteiger charge is -2.19. The van der Waals surface area contributed by atoms with Crippen LogP contribution >= 0.6 is 0 Å². The molecule has 0 radical (unpaired) electrons. The first-order chi connectivity index (χ1) is 10.6. The second-order valence-corrected chi connectivity index (χ2v) is 5.27. The summed E-state index contributed by atoms with van der Waals surface area (Å²) in [5.41, 5.74) is 0.960. The minimum absolute atomic E-state index is 0.0483. The van der Waals surface area contributed by atoms with Crippen LogP contribution < -0.4 is 4.74 Å². The van der Waals surface area contributed by atoms with Gasteiger partial charge in [0.2, 0.25) is 0 Å². The summed E-state index contributed by atoms with van der Waals surface area (Å²) in [4.78, 5) is 12.0. The van der Waals surface area contributed by atoms with Crippen molar-refractivity contribution >= 4 is 5.97 Å². The summed E-state index contributed by atoms with van der Waals surface area (Å²) in [6.07, 6.45) is 1.45. The summed E-state index contributed by atoms with van der Waals surface area (Å²) in [5, 5.41) is 0. The zero-order chi connectivity index (χ0) is 15.9. The van der Waals surface area contributed by atoms with E-state index in [4.69, 9.17) is 18.9 Å². The van der Waals surface area contributed by atoms with Crippen molar-refractivity contribution in [2.45, 2.75) is 39.4 Å². The molecule has 1 aliphatic heterocycles. The monoisotopic (exact) mass is 306 g/mol. The predicted molar refractivity (Wildman–Crippen MR) is 81.5 cm³/mol. The van der Waals surface area contributed by atoms with Gasteiger partial charge in [0, 0.05) is 6.42 Å². The Morgan fingerprint density at radius 1 is 1.32 bits per heavy atom. The van der Waals surface area contributed by atoms with Crippen molar-refractivity contribution in [2.24, 2.45) is 0 Å². The van der Waals surface area contributed by atoms with Crippen LogP contribution in [-0.4, -0.2) is 31.4 Å². The van der Waals surface area contributed by atoms with Crippen LogP contribution in [0.5, 0.6) is 5.75 Å². The fourth-order valence-electron chi connectivity index (χ4n) is 1.99. The fourth-order valence-corrected chi connectivity index (χ4v) is 1.99. The van der Waals surface area contributed by atoms with Gasteiger partial charge in [0.1, 0.15) is 18.6 Å². The smallest absolute Gasteiger partial charge is 0.335 e. The molecule has 1 aromatic rings. The van der Waals surface area contributed by atoms with Crippen LogP contribution in [0, 0.1) is 0 Å². The van der Waals surface area contributed by atoms with Crippen LogP contribution in [0.4, 0.5) is 0 Å². The molecule has 0 spiro atoms. The van der Waals surface area contributed by atoms with E-state index in [1.165, 1.54) is 0 Å². The Morgan fingerprint density at radius 2 is 2.09 bits per heavy atom. The molecule has 1 atom stereocenters. The number of esters is 1. The first kappa shape index (κ1) is 16.4. The van der Waals surface area contributed by atoms with Gasteiger partial charge < -0.3 is 18.9 Å². The van der Waals surface area contributed by atoms with E-state index in [-0.39, 0.29) is 12.1 Å². The molecule has 0 saturated carbocycles. The molecule has 0 aliphatic carbocycles. The van der Waals surface area contributed by atoms with E-state index in [0.29, 0.717) is 19.6 Å². The van der Waals surface area contributed by atoms with Crippen LogP contribution in [-0.2, 0) is 25.4 Å². The summed E-state index contributed by atoms with van der Waals surface area (Å²) >= 11 is 0. The van der Waals surface area contributed by atoms with E-state index in [2.05, 4.69) is 0 Å². The van der Waals surface area contributed by atoms with Gasteiger partial charge in [-0.3, -0.25) is 0 Å². The molecule has 5 heteroatoms. The highest BCUT2D eigenvalue weighted by Crippen LogP contribution is 2.20. The normalized spacial score (nSPS) is 14.1. The van der Waals surface area contributed by atoms with Crippen molar-refractivity contribution in [2.75, 3.05) is 13.2 Å². The van der Waals surface area contributed by atoms with Crippen LogP contribution in [0.15, 0.2) is 36.3 Å². The number of carbonyl (C=O) groups is 1. The molecular weight excluding hydrogens is 284 g/mol. The van der Waals surface area contributed by atoms with E-state index < -0.39 is 6.10 Å². The first-order valence-corrected chi connectivity index (χ1v) is 7.48. The quantitative estimate of drug-likeness (QED) is 0.657. The van der Waals surface area contributed by atoms with E-state index in [9.17, 15) is 4.79 Å². The standard InChI is InChI=1S/C17H22O5/c1-4-19-17(18)16(22-12(2)3)9-13-6-5-7-14(8-13)20-10-15-11-21-15/h5-8,11-12,16H,4,9-10H2,1-3H3/t16-/m0/s1. The lowest BCUT2D eigenvalue weighted by molar-refractivity contribution is -0.159. The van der Waals surface area contributed by atoms with E-state index in [1.807, 2.05) is 38.1 Å². The third-order valence-corrected chi connectivity index (χ3v) is 2.97. The highest BCUT2D eigenvalue weighted by molar-refractivity contribution is 5.75. The van der Waals surface area contributed by atoms with Crippen LogP contribution in [0.1, 0.15) is 26.3 Å². The minimum atomic E-state index is -0.607. The molecule has 1 heterocycles. The SMILES string of the molecule is CCOC(=O)[C@H](Cc1cccc(OCC2=CO2)c1)OC(C)C. The van der Waals surface area contributed by atoms with Crippen molar-refractivity contribution in [3.05, 3.63) is 41.9 Å². The lowest BCUT2D eigenvalue weighted by atomic mass is 10.1. The summed E-state index contributed by atoms with van der Waals surface area (Å²) < 4.78 is 21.3. The molecule has 0 aromatic heterocycles. The Bertz CT molecular complexity index is 536. The van der Waals surface area contributed by atoms with Crippen molar-refractivity contribution in [1.29, 1.82) is 0 Å². The van der Waals surface area contributed by atoms with Crippen molar-refractivity contribution in [1.82, 2.24) is 0 Å². The molecule has 0 amide bonds. The molecule has 0 unspecified atom stereocenters. The number of ether oxygens (including phenoxy) is 4. The molecule has 0 bridgehead atoms. The van der Waals surface area contributed by atoms with Crippen molar-refractivity contribution < 1.29 is 23.7 Å². The Morgan fingerprint density at radius 3 is 2.73 bits per heavy atom. The molecule has 22 heavy (non-hydrogen) atoms. The molecule has 0 fully saturated rings. The summed E-state index contributed by atoms with van der Waals surface area (Å²) in [5.74, 6) is 1.23. The topological polar surface area (TPSA) is 57.3 Å². The van der Waals surface area contributed by atoms with Crippen molar-refractivity contribution in [3.63, 3.8) is 0 Å². The molecular formula is C17H22O5. The minimum Gasteiger partial charge on any atom is -0.486 e. The lowest BCUT2D eigenvalue weighted by Crippen LogP contribution is -2.31. The number of carbonyl (C=O) groups excluding carboxylic acids is 1. The van der Waals surface area contributed by atoms with Gasteiger partial charge in [-0.05, 0) is 38.5 Å². The van der Waals surface area contributed by atoms with Gasteiger partial charge in [0.25, 0.3) is 0 Å². The van der Waals surface area contributed by atoms with Crippen molar-refractivity contribution in [3.8, 4) is 5.75 Å². The maximum absolute atomic E-state index is 12.0. The molecule has 120 valence electrons. The highest BCUT2D eigenvalue weighted by atomic mass is 16.6. The number of benzene rings is 1. The second kappa shape index (κ2) is 7.84. The largest absolute Gasteiger partial charge is 0.486 e. The third-order valence-electron chi connectivity index (χ3n) is 2.97. The predicted octanol–water partition coefficient (Wildman–Crippen LogP) is 2.84. The molecule has 0 saturated heterocycles. The van der Waals surface area contributed by atoms with Crippen LogP contribution in [0.3, 0.4) is 0 Å². The zero-order valence-electron chi connectivity index (χ0n) is 13.2. The molecule has 1 aromatic carbocycles. The van der Waals surface area contributed by atoms with Gasteiger partial charge >= 0.3 is 5.97 Å². The van der Waals surface area contributed by atoms with E-state index in [1.54, 1.807) is 13.2 Å². The Hall–Kier alpha value is -2.01. The average Bonchev–Trinajstić information content (AvgIpc) is 3.29. The maximum Gasteiger partial charge on any atom is 0.335 e. The Kier molecular flexibility index (Phi) is 5.83. The Balaban J connectivity index is 1.99. The highest BCUT2D eigenvalue weighted by Gasteiger charge is 2.22. The number of rotatable bonds is 9. The number of hydrogen-bond donors (Lipinski definition) is 0. The van der Waals surface area contributed by atoms with Gasteiger partial charge in [-0.25, -0.2) is 4.79 Å². The molecule has 1 aliphatic rings. The zero-order valence-corrected chi connectivity index (χ0v) is 13.2. The fraction of sp³-hybridized carbons (Fsp3) is 0.471. The average molecular weight is 306 g/mol. The van der Waals surface area contributed by atoms with E-state index >= 15 is 0 Å². The molecule has 5 nitrogen and oxygen atoms in total. The second-order valence-electron chi connectivity index (χ2n) is 5.27. The summed E-state index contributed by atoms with van der Waals surface area (Å²) in [7, 11) is 0. The van der Waals surface area contributed by atoms with Crippen LogP contribution in [0.25, 0.3) is 0 Å². The van der Waals surface area contributed by atoms with Gasteiger partial charge in [-0.1, -0.05) is 12.1 Å². The van der Waals surface area contributed by atoms with Crippen LogP contribution in [0.2, 0.25) is 0 Å². The van der Waals surface area contributed by atoms with E-state index in [0.717, 1.165) is 17.1 Å². The number of hydrogen-bond acceptors (Lipinski definition) is 5. The maximum atomic E-state index is 12.0. The van der Waals surface area contributed by atoms with Gasteiger partial charge in [-0.15, -0.1) is 0 Å². The van der Waals surface area contributed by atoms with Gasteiger partial charge in [0.15, 0.2) is 11.9 Å². The molecule has 0 N–H and O–H groups in total. The van der Waals surface area contributed by atoms with Gasteiger partial charge in [0.05, 0.1) is 12.7 Å². The first-order valence-electron chi connectivity index (χ1n) is 7.48.